The first-order chi connectivity index (χ1) is 9.19. The van der Waals surface area contributed by atoms with E-state index in [1.165, 1.54) is 18.3 Å². The van der Waals surface area contributed by atoms with Crippen molar-refractivity contribution in [2.24, 2.45) is 5.10 Å². The number of hydrogen-bond acceptors (Lipinski definition) is 4. The van der Waals surface area contributed by atoms with E-state index in [0.29, 0.717) is 5.56 Å². The van der Waals surface area contributed by atoms with Gasteiger partial charge in [0.15, 0.2) is 11.6 Å². The molecule has 19 heavy (non-hydrogen) atoms. The van der Waals surface area contributed by atoms with E-state index in [1.807, 2.05) is 12.1 Å². The van der Waals surface area contributed by atoms with E-state index in [2.05, 4.69) is 10.5 Å². The molecule has 0 radical (unpaired) electrons. The van der Waals surface area contributed by atoms with E-state index in [-0.39, 0.29) is 5.75 Å². The molecule has 4 nitrogen and oxygen atoms in total. The molecule has 0 heterocycles. The van der Waals surface area contributed by atoms with Gasteiger partial charge in [0.1, 0.15) is 5.75 Å². The van der Waals surface area contributed by atoms with E-state index < -0.39 is 5.82 Å². The van der Waals surface area contributed by atoms with Gasteiger partial charge in [0, 0.05) is 0 Å². The zero-order valence-corrected chi connectivity index (χ0v) is 10.3. The highest BCUT2D eigenvalue weighted by Gasteiger charge is 1.99. The minimum atomic E-state index is -0.673. The lowest BCUT2D eigenvalue weighted by Gasteiger charge is -2.02. The van der Waals surface area contributed by atoms with Crippen LogP contribution in [0.1, 0.15) is 5.56 Å². The van der Waals surface area contributed by atoms with Gasteiger partial charge in [-0.1, -0.05) is 0 Å². The number of rotatable bonds is 4. The van der Waals surface area contributed by atoms with Crippen LogP contribution in [0.2, 0.25) is 0 Å². The van der Waals surface area contributed by atoms with Crippen molar-refractivity contribution in [3.05, 3.63) is 53.8 Å². The van der Waals surface area contributed by atoms with Crippen molar-refractivity contribution in [3.8, 4) is 11.5 Å². The number of benzene rings is 2. The van der Waals surface area contributed by atoms with Gasteiger partial charge < -0.3 is 9.84 Å². The summed E-state index contributed by atoms with van der Waals surface area (Å²) in [6, 6.07) is 11.3. The quantitative estimate of drug-likeness (QED) is 0.656. The van der Waals surface area contributed by atoms with Crippen LogP contribution in [0, 0.1) is 5.82 Å². The van der Waals surface area contributed by atoms with Crippen molar-refractivity contribution in [3.63, 3.8) is 0 Å². The van der Waals surface area contributed by atoms with Crippen LogP contribution >= 0.6 is 0 Å². The number of methoxy groups -OCH3 is 1. The largest absolute Gasteiger partial charge is 0.505 e. The molecule has 0 aliphatic rings. The van der Waals surface area contributed by atoms with Crippen molar-refractivity contribution in [1.82, 2.24) is 0 Å². The minimum Gasteiger partial charge on any atom is -0.505 e. The average molecular weight is 260 g/mol. The highest BCUT2D eigenvalue weighted by Crippen LogP contribution is 2.16. The second kappa shape index (κ2) is 5.86. The number of halogens is 1. The monoisotopic (exact) mass is 260 g/mol. The first kappa shape index (κ1) is 12.9. The fourth-order valence-corrected chi connectivity index (χ4v) is 1.45. The number of nitrogens with one attached hydrogen (secondary N) is 1. The van der Waals surface area contributed by atoms with Gasteiger partial charge in [0.2, 0.25) is 0 Å². The van der Waals surface area contributed by atoms with E-state index in [1.54, 1.807) is 25.3 Å². The maximum absolute atomic E-state index is 13.1. The van der Waals surface area contributed by atoms with E-state index in [9.17, 15) is 4.39 Å². The summed E-state index contributed by atoms with van der Waals surface area (Å²) in [4.78, 5) is 0. The molecule has 2 rings (SSSR count). The summed E-state index contributed by atoms with van der Waals surface area (Å²) >= 11 is 0. The van der Waals surface area contributed by atoms with E-state index in [0.717, 1.165) is 11.4 Å². The number of phenols is 1. The number of hydrazone groups is 1. The number of aromatic hydroxyl groups is 1. The molecular weight excluding hydrogens is 247 g/mol. The zero-order chi connectivity index (χ0) is 13.7. The number of phenolic OH excluding ortho intramolecular Hbond substituents is 1. The third kappa shape index (κ3) is 3.45. The lowest BCUT2D eigenvalue weighted by Crippen LogP contribution is -1.91. The Morgan fingerprint density at radius 2 is 1.95 bits per heavy atom. The van der Waals surface area contributed by atoms with Crippen molar-refractivity contribution >= 4 is 11.9 Å². The van der Waals surface area contributed by atoms with Crippen LogP contribution in [0.4, 0.5) is 10.1 Å². The van der Waals surface area contributed by atoms with Crippen LogP contribution in [0.5, 0.6) is 11.5 Å². The van der Waals surface area contributed by atoms with Gasteiger partial charge in [-0.3, -0.25) is 5.43 Å². The van der Waals surface area contributed by atoms with Crippen molar-refractivity contribution in [2.75, 3.05) is 12.5 Å². The lowest BCUT2D eigenvalue weighted by molar-refractivity contribution is 0.415. The Bertz CT molecular complexity index is 582. The second-order valence-corrected chi connectivity index (χ2v) is 3.81. The molecule has 5 heteroatoms. The van der Waals surface area contributed by atoms with Gasteiger partial charge in [0.25, 0.3) is 0 Å². The van der Waals surface area contributed by atoms with Crippen molar-refractivity contribution < 1.29 is 14.2 Å². The van der Waals surface area contributed by atoms with Crippen LogP contribution in [-0.2, 0) is 0 Å². The molecule has 98 valence electrons. The molecule has 2 N–H and O–H groups in total. The maximum Gasteiger partial charge on any atom is 0.165 e. The highest BCUT2D eigenvalue weighted by molar-refractivity contribution is 5.80. The summed E-state index contributed by atoms with van der Waals surface area (Å²) in [5, 5.41) is 13.0. The summed E-state index contributed by atoms with van der Waals surface area (Å²) in [5.74, 6) is -0.288. The Balaban J connectivity index is 2.00. The minimum absolute atomic E-state index is 0.375. The molecule has 0 spiro atoms. The third-order valence-corrected chi connectivity index (χ3v) is 2.47. The summed E-state index contributed by atoms with van der Waals surface area (Å²) in [7, 11) is 1.60. The number of hydrogen-bond donors (Lipinski definition) is 2. The predicted octanol–water partition coefficient (Wildman–Crippen LogP) is 2.99. The topological polar surface area (TPSA) is 53.8 Å². The van der Waals surface area contributed by atoms with Gasteiger partial charge in [-0.25, -0.2) is 4.39 Å². The fourth-order valence-electron chi connectivity index (χ4n) is 1.45. The van der Waals surface area contributed by atoms with Crippen LogP contribution in [0.15, 0.2) is 47.6 Å². The SMILES string of the molecule is COc1ccc(N/N=C/c2ccc(O)c(F)c2)cc1. The molecular formula is C14H13FN2O2. The summed E-state index contributed by atoms with van der Waals surface area (Å²) < 4.78 is 18.1. The Morgan fingerprint density at radius 1 is 1.21 bits per heavy atom. The lowest BCUT2D eigenvalue weighted by atomic mass is 10.2. The van der Waals surface area contributed by atoms with Gasteiger partial charge in [-0.05, 0) is 48.0 Å². The predicted molar refractivity (Wildman–Crippen MR) is 72.3 cm³/mol. The first-order valence-electron chi connectivity index (χ1n) is 5.60. The molecule has 0 atom stereocenters. The van der Waals surface area contributed by atoms with Crippen LogP contribution < -0.4 is 10.2 Å². The van der Waals surface area contributed by atoms with E-state index in [4.69, 9.17) is 9.84 Å². The van der Waals surface area contributed by atoms with Crippen LogP contribution in [0.25, 0.3) is 0 Å². The molecule has 2 aromatic rings. The second-order valence-electron chi connectivity index (χ2n) is 3.81. The summed E-state index contributed by atoms with van der Waals surface area (Å²) in [5.41, 5.74) is 4.15. The molecule has 2 aromatic carbocycles. The summed E-state index contributed by atoms with van der Waals surface area (Å²) in [6.45, 7) is 0. The van der Waals surface area contributed by atoms with Crippen LogP contribution in [-0.4, -0.2) is 18.4 Å². The molecule has 0 unspecified atom stereocenters. The molecule has 0 aliphatic carbocycles. The standard InChI is InChI=1S/C14H13FN2O2/c1-19-12-5-3-11(4-6-12)17-16-9-10-2-7-14(18)13(15)8-10/h2-9,17-18H,1H3/b16-9+. The molecule has 0 saturated carbocycles. The Labute approximate surface area is 110 Å². The zero-order valence-electron chi connectivity index (χ0n) is 10.3. The average Bonchev–Trinajstić information content (AvgIpc) is 2.43. The van der Waals surface area contributed by atoms with E-state index >= 15 is 0 Å². The van der Waals surface area contributed by atoms with Crippen LogP contribution in [0.3, 0.4) is 0 Å². The van der Waals surface area contributed by atoms with Gasteiger partial charge >= 0.3 is 0 Å². The van der Waals surface area contributed by atoms with Gasteiger partial charge in [-0.2, -0.15) is 5.10 Å². The first-order valence-corrected chi connectivity index (χ1v) is 5.60. The number of nitrogens with zero attached hydrogens (tertiary/aromatic N) is 1. The normalized spacial score (nSPS) is 10.6. The Kier molecular flexibility index (Phi) is 3.97. The van der Waals surface area contributed by atoms with Gasteiger partial charge in [-0.15, -0.1) is 0 Å². The summed E-state index contributed by atoms with van der Waals surface area (Å²) in [6.07, 6.45) is 1.47. The fraction of sp³-hybridized carbons (Fsp3) is 0.0714. The maximum atomic E-state index is 13.1. The highest BCUT2D eigenvalue weighted by atomic mass is 19.1. The molecule has 0 aromatic heterocycles. The third-order valence-electron chi connectivity index (χ3n) is 2.47. The Hall–Kier alpha value is -2.56. The molecule has 0 bridgehead atoms. The molecule has 0 aliphatic heterocycles. The van der Waals surface area contributed by atoms with Crippen molar-refractivity contribution in [2.45, 2.75) is 0 Å². The van der Waals surface area contributed by atoms with Crippen molar-refractivity contribution in [1.29, 1.82) is 0 Å². The number of ether oxygens (including phenoxy) is 1. The molecule has 0 fully saturated rings. The number of anilines is 1. The molecule has 0 saturated heterocycles. The van der Waals surface area contributed by atoms with Gasteiger partial charge in [0.05, 0.1) is 19.0 Å². The molecule has 0 amide bonds. The Morgan fingerprint density at radius 3 is 2.58 bits per heavy atom. The smallest absolute Gasteiger partial charge is 0.165 e.